The smallest absolute Gasteiger partial charge is 0.178 e. The summed E-state index contributed by atoms with van der Waals surface area (Å²) in [5, 5.41) is 0. The van der Waals surface area contributed by atoms with Crippen LogP contribution in [0.3, 0.4) is 0 Å². The van der Waals surface area contributed by atoms with Crippen molar-refractivity contribution in [1.82, 2.24) is 4.90 Å². The first-order valence-electron chi connectivity index (χ1n) is 5.97. The number of nitrogens with zero attached hydrogens (tertiary/aromatic N) is 1. The van der Waals surface area contributed by atoms with Crippen LogP contribution >= 0.6 is 15.9 Å². The Morgan fingerprint density at radius 1 is 1.22 bits per heavy atom. The zero-order valence-electron chi connectivity index (χ0n) is 11.1. The van der Waals surface area contributed by atoms with E-state index < -0.39 is 9.84 Å². The first-order valence-corrected chi connectivity index (χ1v) is 8.42. The topological polar surface area (TPSA) is 37.4 Å². The summed E-state index contributed by atoms with van der Waals surface area (Å²) < 4.78 is 25.3. The predicted octanol–water partition coefficient (Wildman–Crippen LogP) is 2.87. The van der Waals surface area contributed by atoms with Gasteiger partial charge in [0.2, 0.25) is 0 Å². The molecule has 0 saturated heterocycles. The fraction of sp³-hybridized carbons (Fsp3) is 0.538. The maximum atomic E-state index is 12.2. The normalized spacial score (nSPS) is 12.1. The fourth-order valence-corrected chi connectivity index (χ4v) is 3.92. The number of sulfone groups is 1. The molecular weight excluding hydrogens is 314 g/mol. The minimum absolute atomic E-state index is 0.220. The monoisotopic (exact) mass is 333 g/mol. The van der Waals surface area contributed by atoms with Crippen molar-refractivity contribution < 1.29 is 8.42 Å². The van der Waals surface area contributed by atoms with Gasteiger partial charge in [0.05, 0.1) is 10.6 Å². The zero-order chi connectivity index (χ0) is 13.8. The highest BCUT2D eigenvalue weighted by molar-refractivity contribution is 9.10. The number of benzene rings is 1. The average Bonchev–Trinajstić information content (AvgIpc) is 2.28. The molecule has 0 heterocycles. The Morgan fingerprint density at radius 3 is 2.50 bits per heavy atom. The summed E-state index contributed by atoms with van der Waals surface area (Å²) in [4.78, 5) is 2.51. The molecule has 1 aromatic carbocycles. The number of rotatable bonds is 6. The molecule has 0 aliphatic carbocycles. The van der Waals surface area contributed by atoms with Gasteiger partial charge in [-0.1, -0.05) is 22.0 Å². The highest BCUT2D eigenvalue weighted by atomic mass is 79.9. The Bertz CT molecular complexity index is 498. The van der Waals surface area contributed by atoms with E-state index >= 15 is 0 Å². The first-order chi connectivity index (χ1) is 8.34. The van der Waals surface area contributed by atoms with Crippen LogP contribution < -0.4 is 0 Å². The zero-order valence-corrected chi connectivity index (χ0v) is 13.5. The fourth-order valence-electron chi connectivity index (χ4n) is 1.75. The highest BCUT2D eigenvalue weighted by Gasteiger charge is 2.17. The minimum atomic E-state index is -3.16. The van der Waals surface area contributed by atoms with Crippen molar-refractivity contribution in [2.24, 2.45) is 0 Å². The summed E-state index contributed by atoms with van der Waals surface area (Å²) in [6.07, 6.45) is 1.60. The molecule has 0 atom stereocenters. The largest absolute Gasteiger partial charge is 0.309 e. The molecule has 0 bridgehead atoms. The molecule has 0 unspecified atom stereocenters. The van der Waals surface area contributed by atoms with Gasteiger partial charge in [0, 0.05) is 4.47 Å². The van der Waals surface area contributed by atoms with Crippen LogP contribution in [0.2, 0.25) is 0 Å². The van der Waals surface area contributed by atoms with Gasteiger partial charge in [0.25, 0.3) is 0 Å². The lowest BCUT2D eigenvalue weighted by Crippen LogP contribution is -2.15. The van der Waals surface area contributed by atoms with E-state index in [0.717, 1.165) is 23.0 Å². The van der Waals surface area contributed by atoms with Gasteiger partial charge < -0.3 is 4.90 Å². The first kappa shape index (κ1) is 15.7. The maximum Gasteiger partial charge on any atom is 0.178 e. The van der Waals surface area contributed by atoms with Crippen molar-refractivity contribution in [3.8, 4) is 0 Å². The summed E-state index contributed by atoms with van der Waals surface area (Å²) >= 11 is 3.37. The molecule has 0 saturated carbocycles. The SMILES string of the molecule is Cc1c(Br)cccc1S(=O)(=O)CCCCN(C)C. The molecular formula is C13H20BrNO2S. The molecule has 0 spiro atoms. The van der Waals surface area contributed by atoms with Crippen LogP contribution in [0.25, 0.3) is 0 Å². The Kier molecular flexibility index (Phi) is 5.82. The third-order valence-corrected chi connectivity index (χ3v) is 5.62. The molecule has 0 N–H and O–H groups in total. The molecule has 1 aromatic rings. The molecule has 5 heteroatoms. The Hall–Kier alpha value is -0.390. The molecule has 0 amide bonds. The Labute approximate surface area is 118 Å². The molecule has 102 valence electrons. The maximum absolute atomic E-state index is 12.2. The van der Waals surface area contributed by atoms with Crippen molar-refractivity contribution in [1.29, 1.82) is 0 Å². The Morgan fingerprint density at radius 2 is 1.89 bits per heavy atom. The van der Waals surface area contributed by atoms with E-state index in [1.165, 1.54) is 0 Å². The van der Waals surface area contributed by atoms with E-state index in [0.29, 0.717) is 11.3 Å². The van der Waals surface area contributed by atoms with Crippen LogP contribution in [-0.2, 0) is 9.84 Å². The molecule has 18 heavy (non-hydrogen) atoms. The van der Waals surface area contributed by atoms with Gasteiger partial charge in [0.15, 0.2) is 9.84 Å². The summed E-state index contributed by atoms with van der Waals surface area (Å²) in [5.74, 6) is 0.220. The van der Waals surface area contributed by atoms with E-state index in [1.54, 1.807) is 12.1 Å². The van der Waals surface area contributed by atoms with Crippen LogP contribution in [-0.4, -0.2) is 39.7 Å². The number of hydrogen-bond donors (Lipinski definition) is 0. The van der Waals surface area contributed by atoms with Crippen molar-refractivity contribution in [2.75, 3.05) is 26.4 Å². The van der Waals surface area contributed by atoms with Crippen LogP contribution in [0.1, 0.15) is 18.4 Å². The van der Waals surface area contributed by atoms with Crippen molar-refractivity contribution >= 4 is 25.8 Å². The van der Waals surface area contributed by atoms with Crippen LogP contribution in [0.15, 0.2) is 27.6 Å². The van der Waals surface area contributed by atoms with Gasteiger partial charge in [-0.05, 0) is 58.1 Å². The standard InChI is InChI=1S/C13H20BrNO2S/c1-11-12(14)7-6-8-13(11)18(16,17)10-5-4-9-15(2)3/h6-8H,4-5,9-10H2,1-3H3. The third kappa shape index (κ3) is 4.37. The van der Waals surface area contributed by atoms with E-state index in [9.17, 15) is 8.42 Å². The van der Waals surface area contributed by atoms with Crippen LogP contribution in [0, 0.1) is 6.92 Å². The summed E-state index contributed by atoms with van der Waals surface area (Å²) in [6.45, 7) is 2.75. The third-order valence-electron chi connectivity index (χ3n) is 2.82. The highest BCUT2D eigenvalue weighted by Crippen LogP contribution is 2.24. The quantitative estimate of drug-likeness (QED) is 0.751. The molecule has 0 radical (unpaired) electrons. The molecule has 0 fully saturated rings. The summed E-state index contributed by atoms with van der Waals surface area (Å²) in [7, 11) is 0.826. The lowest BCUT2D eigenvalue weighted by Gasteiger charge is -2.11. The van der Waals surface area contributed by atoms with E-state index in [-0.39, 0.29) is 5.75 Å². The Balaban J connectivity index is 2.72. The van der Waals surface area contributed by atoms with Crippen molar-refractivity contribution in [2.45, 2.75) is 24.7 Å². The number of halogens is 1. The number of hydrogen-bond acceptors (Lipinski definition) is 3. The average molecular weight is 334 g/mol. The molecule has 3 nitrogen and oxygen atoms in total. The molecule has 0 aliphatic rings. The van der Waals surface area contributed by atoms with Gasteiger partial charge >= 0.3 is 0 Å². The van der Waals surface area contributed by atoms with Crippen LogP contribution in [0.4, 0.5) is 0 Å². The van der Waals surface area contributed by atoms with E-state index in [4.69, 9.17) is 0 Å². The second kappa shape index (κ2) is 6.68. The summed E-state index contributed by atoms with van der Waals surface area (Å²) in [6, 6.07) is 5.31. The van der Waals surface area contributed by atoms with Gasteiger partial charge in [0.1, 0.15) is 0 Å². The predicted molar refractivity (Wildman–Crippen MR) is 78.7 cm³/mol. The van der Waals surface area contributed by atoms with Gasteiger partial charge in [-0.3, -0.25) is 0 Å². The van der Waals surface area contributed by atoms with Gasteiger partial charge in [-0.25, -0.2) is 8.42 Å². The van der Waals surface area contributed by atoms with Crippen molar-refractivity contribution in [3.05, 3.63) is 28.2 Å². The molecule has 0 aliphatic heterocycles. The summed E-state index contributed by atoms with van der Waals surface area (Å²) in [5.41, 5.74) is 0.796. The molecule has 0 aromatic heterocycles. The minimum Gasteiger partial charge on any atom is -0.309 e. The lowest BCUT2D eigenvalue weighted by atomic mass is 10.2. The van der Waals surface area contributed by atoms with Gasteiger partial charge in [-0.2, -0.15) is 0 Å². The van der Waals surface area contributed by atoms with E-state index in [1.807, 2.05) is 27.1 Å². The van der Waals surface area contributed by atoms with Crippen LogP contribution in [0.5, 0.6) is 0 Å². The number of unbranched alkanes of at least 4 members (excludes halogenated alkanes) is 1. The van der Waals surface area contributed by atoms with Crippen molar-refractivity contribution in [3.63, 3.8) is 0 Å². The molecule has 1 rings (SSSR count). The lowest BCUT2D eigenvalue weighted by molar-refractivity contribution is 0.398. The van der Waals surface area contributed by atoms with E-state index in [2.05, 4.69) is 20.8 Å². The van der Waals surface area contributed by atoms with Gasteiger partial charge in [-0.15, -0.1) is 0 Å². The second-order valence-corrected chi connectivity index (χ2v) is 7.62. The second-order valence-electron chi connectivity index (χ2n) is 4.69.